The van der Waals surface area contributed by atoms with Crippen LogP contribution in [-0.4, -0.2) is 64.7 Å². The molecule has 1 saturated heterocycles. The van der Waals surface area contributed by atoms with E-state index in [0.29, 0.717) is 18.8 Å². The molecule has 1 amide bonds. The minimum absolute atomic E-state index is 0. The quantitative estimate of drug-likeness (QED) is 0.579. The van der Waals surface area contributed by atoms with Gasteiger partial charge in [0.25, 0.3) is 5.91 Å². The molecule has 1 aromatic carbocycles. The molecule has 1 aromatic rings. The standard InChI is InChI=1S/C15H24N4O4S.2ClH/c1-2-19-8-9-23-14(11-19)15(20)18-12-4-3-5-13(10-12)24(21,22)17-7-6-16;;/h3-5,10,14,17H,2,6-9,11,16H2,1H3,(H,18,20);2*1H. The maximum absolute atomic E-state index is 12.3. The molecule has 2 rings (SSSR count). The first kappa shape index (κ1) is 25.1. The summed E-state index contributed by atoms with van der Waals surface area (Å²) in [4.78, 5) is 14.5. The molecule has 0 aromatic heterocycles. The number of anilines is 1. The van der Waals surface area contributed by atoms with E-state index in [9.17, 15) is 13.2 Å². The van der Waals surface area contributed by atoms with Gasteiger partial charge in [-0.2, -0.15) is 0 Å². The second kappa shape index (κ2) is 11.7. The fourth-order valence-corrected chi connectivity index (χ4v) is 3.48. The van der Waals surface area contributed by atoms with Gasteiger partial charge in [-0.05, 0) is 24.7 Å². The average Bonchev–Trinajstić information content (AvgIpc) is 2.60. The first-order valence-electron chi connectivity index (χ1n) is 7.91. The third-order valence-electron chi connectivity index (χ3n) is 3.74. The van der Waals surface area contributed by atoms with Gasteiger partial charge in [-0.15, -0.1) is 24.8 Å². The van der Waals surface area contributed by atoms with Crippen molar-refractivity contribution in [3.8, 4) is 0 Å². The number of morpholine rings is 1. The molecule has 0 bridgehead atoms. The summed E-state index contributed by atoms with van der Waals surface area (Å²) in [7, 11) is -3.64. The van der Waals surface area contributed by atoms with Crippen LogP contribution in [0, 0.1) is 0 Å². The lowest BCUT2D eigenvalue weighted by atomic mass is 10.2. The van der Waals surface area contributed by atoms with Gasteiger partial charge in [0.1, 0.15) is 6.10 Å². The van der Waals surface area contributed by atoms with Gasteiger partial charge in [-0.25, -0.2) is 13.1 Å². The van der Waals surface area contributed by atoms with E-state index in [1.54, 1.807) is 12.1 Å². The van der Waals surface area contributed by atoms with Crippen molar-refractivity contribution >= 4 is 46.4 Å². The van der Waals surface area contributed by atoms with Crippen LogP contribution in [-0.2, 0) is 19.6 Å². The monoisotopic (exact) mass is 428 g/mol. The summed E-state index contributed by atoms with van der Waals surface area (Å²) >= 11 is 0. The zero-order chi connectivity index (χ0) is 17.6. The molecular weight excluding hydrogens is 403 g/mol. The number of nitrogens with two attached hydrogens (primary N) is 1. The van der Waals surface area contributed by atoms with Crippen molar-refractivity contribution in [2.75, 3.05) is 44.6 Å². The highest BCUT2D eigenvalue weighted by Crippen LogP contribution is 2.16. The van der Waals surface area contributed by atoms with Crippen LogP contribution in [0.2, 0.25) is 0 Å². The Kier molecular flexibility index (Phi) is 11.3. The normalized spacial score (nSPS) is 17.7. The molecular formula is C15H26Cl2N4O4S. The van der Waals surface area contributed by atoms with Crippen molar-refractivity contribution in [1.29, 1.82) is 0 Å². The fraction of sp³-hybridized carbons (Fsp3) is 0.533. The van der Waals surface area contributed by atoms with Gasteiger partial charge in [-0.1, -0.05) is 13.0 Å². The minimum atomic E-state index is -3.64. The SMILES string of the molecule is CCN1CCOC(C(=O)Nc2cccc(S(=O)(=O)NCCN)c2)C1.Cl.Cl. The molecule has 4 N–H and O–H groups in total. The maximum atomic E-state index is 12.3. The molecule has 0 aliphatic carbocycles. The van der Waals surface area contributed by atoms with Gasteiger partial charge in [0.05, 0.1) is 11.5 Å². The van der Waals surface area contributed by atoms with Crippen molar-refractivity contribution in [3.63, 3.8) is 0 Å². The van der Waals surface area contributed by atoms with Gasteiger partial charge < -0.3 is 15.8 Å². The molecule has 0 spiro atoms. The lowest BCUT2D eigenvalue weighted by Gasteiger charge is -2.31. The number of amides is 1. The molecule has 1 aliphatic rings. The van der Waals surface area contributed by atoms with Gasteiger partial charge in [0, 0.05) is 31.9 Å². The van der Waals surface area contributed by atoms with Crippen molar-refractivity contribution in [2.45, 2.75) is 17.9 Å². The van der Waals surface area contributed by atoms with Crippen molar-refractivity contribution in [1.82, 2.24) is 9.62 Å². The van der Waals surface area contributed by atoms with Crippen LogP contribution in [0.4, 0.5) is 5.69 Å². The van der Waals surface area contributed by atoms with Crippen LogP contribution in [0.3, 0.4) is 0 Å². The number of halogens is 2. The number of sulfonamides is 1. The molecule has 0 saturated carbocycles. The molecule has 150 valence electrons. The van der Waals surface area contributed by atoms with Crippen LogP contribution < -0.4 is 15.8 Å². The van der Waals surface area contributed by atoms with Crippen LogP contribution in [0.25, 0.3) is 0 Å². The van der Waals surface area contributed by atoms with Crippen LogP contribution >= 0.6 is 24.8 Å². The zero-order valence-electron chi connectivity index (χ0n) is 14.5. The van der Waals surface area contributed by atoms with E-state index in [2.05, 4.69) is 14.9 Å². The predicted octanol–water partition coefficient (Wildman–Crippen LogP) is 0.426. The second-order valence-corrected chi connectivity index (χ2v) is 7.22. The zero-order valence-corrected chi connectivity index (χ0v) is 17.0. The highest BCUT2D eigenvalue weighted by atomic mass is 35.5. The van der Waals surface area contributed by atoms with E-state index < -0.39 is 16.1 Å². The summed E-state index contributed by atoms with van der Waals surface area (Å²) in [5.41, 5.74) is 5.72. The van der Waals surface area contributed by atoms with E-state index in [-0.39, 0.29) is 48.7 Å². The average molecular weight is 429 g/mol. The molecule has 8 nitrogen and oxygen atoms in total. The minimum Gasteiger partial charge on any atom is -0.366 e. The number of carbonyl (C=O) groups is 1. The van der Waals surface area contributed by atoms with Crippen LogP contribution in [0.1, 0.15) is 6.92 Å². The number of benzene rings is 1. The number of hydrogen-bond acceptors (Lipinski definition) is 6. The van der Waals surface area contributed by atoms with E-state index >= 15 is 0 Å². The van der Waals surface area contributed by atoms with Crippen molar-refractivity contribution in [3.05, 3.63) is 24.3 Å². The first-order valence-corrected chi connectivity index (χ1v) is 9.39. The molecule has 0 radical (unpaired) electrons. The van der Waals surface area contributed by atoms with Gasteiger partial charge in [0.2, 0.25) is 10.0 Å². The van der Waals surface area contributed by atoms with Crippen molar-refractivity contribution in [2.24, 2.45) is 5.73 Å². The Bertz CT molecular complexity index is 675. The summed E-state index contributed by atoms with van der Waals surface area (Å²) in [5, 5.41) is 2.72. The Morgan fingerprint density at radius 1 is 1.38 bits per heavy atom. The summed E-state index contributed by atoms with van der Waals surface area (Å²) in [6, 6.07) is 6.09. The van der Waals surface area contributed by atoms with E-state index in [1.807, 2.05) is 6.92 Å². The Balaban J connectivity index is 0.00000312. The molecule has 1 unspecified atom stereocenters. The first-order chi connectivity index (χ1) is 11.5. The highest BCUT2D eigenvalue weighted by Gasteiger charge is 2.26. The summed E-state index contributed by atoms with van der Waals surface area (Å²) in [5.74, 6) is -0.280. The Hall–Kier alpha value is -0.940. The Morgan fingerprint density at radius 2 is 2.12 bits per heavy atom. The molecule has 1 fully saturated rings. The number of carbonyl (C=O) groups excluding carboxylic acids is 1. The van der Waals surface area contributed by atoms with Gasteiger partial charge in [-0.3, -0.25) is 9.69 Å². The van der Waals surface area contributed by atoms with Gasteiger partial charge in [0.15, 0.2) is 0 Å². The second-order valence-electron chi connectivity index (χ2n) is 5.46. The number of hydrogen-bond donors (Lipinski definition) is 3. The topological polar surface area (TPSA) is 114 Å². The molecule has 1 aliphatic heterocycles. The summed E-state index contributed by atoms with van der Waals surface area (Å²) in [6.07, 6.45) is -0.561. The third-order valence-corrected chi connectivity index (χ3v) is 5.20. The fourth-order valence-electron chi connectivity index (χ4n) is 2.39. The number of likely N-dealkylation sites (N-methyl/N-ethyl adjacent to an activating group) is 1. The lowest BCUT2D eigenvalue weighted by molar-refractivity contribution is -0.132. The summed E-state index contributed by atoms with van der Waals surface area (Å²) in [6.45, 7) is 5.09. The number of rotatable bonds is 7. The molecule has 11 heteroatoms. The number of nitrogens with one attached hydrogen (secondary N) is 2. The predicted molar refractivity (Wildman–Crippen MR) is 106 cm³/mol. The third kappa shape index (κ3) is 6.99. The van der Waals surface area contributed by atoms with E-state index in [4.69, 9.17) is 10.5 Å². The molecule has 26 heavy (non-hydrogen) atoms. The van der Waals surface area contributed by atoms with Crippen LogP contribution in [0.15, 0.2) is 29.2 Å². The largest absolute Gasteiger partial charge is 0.366 e. The van der Waals surface area contributed by atoms with Gasteiger partial charge >= 0.3 is 0 Å². The number of ether oxygens (including phenoxy) is 1. The smallest absolute Gasteiger partial charge is 0.254 e. The van der Waals surface area contributed by atoms with E-state index in [1.165, 1.54) is 12.1 Å². The summed E-state index contributed by atoms with van der Waals surface area (Å²) < 4.78 is 32.1. The molecule has 1 atom stereocenters. The number of nitrogens with zero attached hydrogens (tertiary/aromatic N) is 1. The molecule has 1 heterocycles. The Labute approximate surface area is 166 Å². The van der Waals surface area contributed by atoms with E-state index in [0.717, 1.165) is 13.1 Å². The highest BCUT2D eigenvalue weighted by molar-refractivity contribution is 7.89. The van der Waals surface area contributed by atoms with Crippen molar-refractivity contribution < 1.29 is 17.9 Å². The van der Waals surface area contributed by atoms with Crippen LogP contribution in [0.5, 0.6) is 0 Å². The maximum Gasteiger partial charge on any atom is 0.254 e. The Morgan fingerprint density at radius 3 is 2.77 bits per heavy atom. The lowest BCUT2D eigenvalue weighted by Crippen LogP contribution is -2.47.